The molecule has 0 aromatic heterocycles. The number of hydrogen-bond acceptors (Lipinski definition) is 3. The van der Waals surface area contributed by atoms with E-state index in [1.54, 1.807) is 18.7 Å². The Morgan fingerprint density at radius 1 is 1.29 bits per heavy atom. The van der Waals surface area contributed by atoms with Crippen molar-refractivity contribution in [2.24, 2.45) is 0 Å². The summed E-state index contributed by atoms with van der Waals surface area (Å²) < 4.78 is 26.7. The molecule has 0 radical (unpaired) electrons. The molecule has 5 nitrogen and oxygen atoms in total. The van der Waals surface area contributed by atoms with Crippen LogP contribution in [0.3, 0.4) is 0 Å². The molecule has 1 aliphatic rings. The summed E-state index contributed by atoms with van der Waals surface area (Å²) in [5.74, 6) is -0.191. The fraction of sp³-hybridized carbons (Fsp3) is 0.588. The lowest BCUT2D eigenvalue weighted by Gasteiger charge is -2.33. The molecule has 7 heteroatoms. The summed E-state index contributed by atoms with van der Waals surface area (Å²) in [6.07, 6.45) is 3.03. The smallest absolute Gasteiger partial charge is 0.255 e. The summed E-state index contributed by atoms with van der Waals surface area (Å²) in [5.41, 5.74) is 0.263. The van der Waals surface area contributed by atoms with E-state index in [1.165, 1.54) is 22.5 Å². The third-order valence-electron chi connectivity index (χ3n) is 4.58. The van der Waals surface area contributed by atoms with Gasteiger partial charge < -0.3 is 4.90 Å². The van der Waals surface area contributed by atoms with Gasteiger partial charge >= 0.3 is 0 Å². The number of amides is 1. The van der Waals surface area contributed by atoms with E-state index in [0.717, 1.165) is 19.3 Å². The normalized spacial score (nSPS) is 18.9. The number of halogens is 1. The van der Waals surface area contributed by atoms with Gasteiger partial charge in [-0.2, -0.15) is 4.31 Å². The molecule has 1 unspecified atom stereocenters. The van der Waals surface area contributed by atoms with E-state index in [-0.39, 0.29) is 27.4 Å². The SMILES string of the molecule is CCN(CC)S(=O)(=O)c1ccc(Cl)c(C(=O)N2CCCCC2C)c1. The molecule has 0 bridgehead atoms. The van der Waals surface area contributed by atoms with Gasteiger partial charge in [0, 0.05) is 25.7 Å². The van der Waals surface area contributed by atoms with Crippen molar-refractivity contribution in [3.63, 3.8) is 0 Å². The summed E-state index contributed by atoms with van der Waals surface area (Å²) in [6.45, 7) is 7.05. The number of piperidine rings is 1. The fourth-order valence-electron chi connectivity index (χ4n) is 3.10. The summed E-state index contributed by atoms with van der Waals surface area (Å²) in [6, 6.07) is 4.52. The van der Waals surface area contributed by atoms with Crippen molar-refractivity contribution < 1.29 is 13.2 Å². The van der Waals surface area contributed by atoms with Gasteiger partial charge in [-0.3, -0.25) is 4.79 Å². The second kappa shape index (κ2) is 7.85. The zero-order valence-electron chi connectivity index (χ0n) is 14.5. The van der Waals surface area contributed by atoms with Gasteiger partial charge in [-0.25, -0.2) is 8.42 Å². The van der Waals surface area contributed by atoms with Gasteiger partial charge in [0.25, 0.3) is 5.91 Å². The second-order valence-corrected chi connectivity index (χ2v) is 8.42. The van der Waals surface area contributed by atoms with E-state index >= 15 is 0 Å². The molecule has 1 amide bonds. The van der Waals surface area contributed by atoms with Crippen LogP contribution in [0.25, 0.3) is 0 Å². The van der Waals surface area contributed by atoms with Crippen LogP contribution in [0.4, 0.5) is 0 Å². The van der Waals surface area contributed by atoms with Crippen LogP contribution >= 0.6 is 11.6 Å². The highest BCUT2D eigenvalue weighted by Crippen LogP contribution is 2.26. The maximum absolute atomic E-state index is 12.9. The average Bonchev–Trinajstić information content (AvgIpc) is 2.55. The lowest BCUT2D eigenvalue weighted by atomic mass is 10.0. The number of carbonyl (C=O) groups is 1. The van der Waals surface area contributed by atoms with Gasteiger partial charge in [0.15, 0.2) is 0 Å². The molecule has 1 heterocycles. The van der Waals surface area contributed by atoms with Crippen LogP contribution < -0.4 is 0 Å². The van der Waals surface area contributed by atoms with Gasteiger partial charge in [0.2, 0.25) is 10.0 Å². The monoisotopic (exact) mass is 372 g/mol. The van der Waals surface area contributed by atoms with Gasteiger partial charge in [-0.1, -0.05) is 25.4 Å². The Labute approximate surface area is 149 Å². The first-order valence-corrected chi connectivity index (χ1v) is 10.2. The predicted octanol–water partition coefficient (Wildman–Crippen LogP) is 3.39. The number of benzene rings is 1. The molecular weight excluding hydrogens is 348 g/mol. The summed E-state index contributed by atoms with van der Waals surface area (Å²) in [5, 5.41) is 0.288. The van der Waals surface area contributed by atoms with Crippen LogP contribution in [-0.2, 0) is 10.0 Å². The lowest BCUT2D eigenvalue weighted by Crippen LogP contribution is -2.42. The van der Waals surface area contributed by atoms with Crippen molar-refractivity contribution in [2.75, 3.05) is 19.6 Å². The number of carbonyl (C=O) groups excluding carboxylic acids is 1. The van der Waals surface area contributed by atoms with E-state index in [9.17, 15) is 13.2 Å². The molecule has 1 aromatic rings. The maximum Gasteiger partial charge on any atom is 0.255 e. The molecule has 2 rings (SSSR count). The molecule has 24 heavy (non-hydrogen) atoms. The van der Waals surface area contributed by atoms with Gasteiger partial charge in [-0.15, -0.1) is 0 Å². The number of sulfonamides is 1. The molecule has 1 saturated heterocycles. The van der Waals surface area contributed by atoms with Crippen LogP contribution in [0.15, 0.2) is 23.1 Å². The van der Waals surface area contributed by atoms with E-state index in [1.807, 2.05) is 6.92 Å². The molecule has 1 aromatic carbocycles. The molecule has 1 atom stereocenters. The van der Waals surface area contributed by atoms with Crippen molar-refractivity contribution in [1.82, 2.24) is 9.21 Å². The zero-order chi connectivity index (χ0) is 17.9. The fourth-order valence-corrected chi connectivity index (χ4v) is 4.78. The third kappa shape index (κ3) is 3.76. The zero-order valence-corrected chi connectivity index (χ0v) is 16.0. The molecule has 0 N–H and O–H groups in total. The predicted molar refractivity (Wildman–Crippen MR) is 95.9 cm³/mol. The largest absolute Gasteiger partial charge is 0.336 e. The quantitative estimate of drug-likeness (QED) is 0.796. The minimum absolute atomic E-state index is 0.114. The highest BCUT2D eigenvalue weighted by molar-refractivity contribution is 7.89. The Kier molecular flexibility index (Phi) is 6.28. The average molecular weight is 373 g/mol. The molecule has 1 aliphatic heterocycles. The standard InChI is InChI=1S/C17H25ClN2O3S/c1-4-19(5-2)24(22,23)14-9-10-16(18)15(12-14)17(21)20-11-7-6-8-13(20)3/h9-10,12-13H,4-8,11H2,1-3H3. The third-order valence-corrected chi connectivity index (χ3v) is 6.95. The molecule has 0 saturated carbocycles. The Balaban J connectivity index is 2.40. The molecule has 1 fully saturated rings. The van der Waals surface area contributed by atoms with Crippen molar-refractivity contribution in [1.29, 1.82) is 0 Å². The Hall–Kier alpha value is -1.11. The highest BCUT2D eigenvalue weighted by atomic mass is 35.5. The molecular formula is C17H25ClN2O3S. The first-order valence-electron chi connectivity index (χ1n) is 8.43. The van der Waals surface area contributed by atoms with Crippen LogP contribution in [0.1, 0.15) is 50.4 Å². The Morgan fingerprint density at radius 3 is 2.54 bits per heavy atom. The summed E-state index contributed by atoms with van der Waals surface area (Å²) in [4.78, 5) is 14.8. The van der Waals surface area contributed by atoms with Crippen LogP contribution in [-0.4, -0.2) is 49.2 Å². The molecule has 134 valence electrons. The Morgan fingerprint density at radius 2 is 1.96 bits per heavy atom. The van der Waals surface area contributed by atoms with Gasteiger partial charge in [0.1, 0.15) is 0 Å². The number of rotatable bonds is 5. The van der Waals surface area contributed by atoms with E-state index < -0.39 is 10.0 Å². The van der Waals surface area contributed by atoms with Crippen LogP contribution in [0, 0.1) is 0 Å². The number of likely N-dealkylation sites (tertiary alicyclic amines) is 1. The van der Waals surface area contributed by atoms with Crippen molar-refractivity contribution in [3.05, 3.63) is 28.8 Å². The molecule has 0 spiro atoms. The number of hydrogen-bond donors (Lipinski definition) is 0. The van der Waals surface area contributed by atoms with Crippen molar-refractivity contribution in [2.45, 2.75) is 51.0 Å². The van der Waals surface area contributed by atoms with Crippen molar-refractivity contribution >= 4 is 27.5 Å². The minimum Gasteiger partial charge on any atom is -0.336 e. The van der Waals surface area contributed by atoms with Gasteiger partial charge in [0.05, 0.1) is 15.5 Å². The van der Waals surface area contributed by atoms with E-state index in [4.69, 9.17) is 11.6 Å². The van der Waals surface area contributed by atoms with Crippen molar-refractivity contribution in [3.8, 4) is 0 Å². The lowest BCUT2D eigenvalue weighted by molar-refractivity contribution is 0.0635. The first kappa shape index (κ1) is 19.2. The van der Waals surface area contributed by atoms with Crippen LogP contribution in [0.5, 0.6) is 0 Å². The van der Waals surface area contributed by atoms with Crippen LogP contribution in [0.2, 0.25) is 5.02 Å². The molecule has 0 aliphatic carbocycles. The van der Waals surface area contributed by atoms with Gasteiger partial charge in [-0.05, 0) is 44.4 Å². The summed E-state index contributed by atoms with van der Waals surface area (Å²) in [7, 11) is -3.61. The minimum atomic E-state index is -3.61. The highest BCUT2D eigenvalue weighted by Gasteiger charge is 2.28. The summed E-state index contributed by atoms with van der Waals surface area (Å²) >= 11 is 6.20. The first-order chi connectivity index (χ1) is 11.3. The van der Waals surface area contributed by atoms with E-state index in [2.05, 4.69) is 0 Å². The topological polar surface area (TPSA) is 57.7 Å². The maximum atomic E-state index is 12.9. The second-order valence-electron chi connectivity index (χ2n) is 6.07. The van der Waals surface area contributed by atoms with E-state index in [0.29, 0.717) is 19.6 Å². The Bertz CT molecular complexity index is 702. The number of nitrogens with zero attached hydrogens (tertiary/aromatic N) is 2.